The second kappa shape index (κ2) is 9.38. The number of nitrogens with zero attached hydrogens (tertiary/aromatic N) is 5. The van der Waals surface area contributed by atoms with Gasteiger partial charge in [0.1, 0.15) is 16.7 Å². The smallest absolute Gasteiger partial charge is 0.357 e. The Kier molecular flexibility index (Phi) is 6.29. The van der Waals surface area contributed by atoms with Gasteiger partial charge in [-0.05, 0) is 51.7 Å². The number of ether oxygens (including phenoxy) is 1. The summed E-state index contributed by atoms with van der Waals surface area (Å²) in [4.78, 5) is 43.6. The van der Waals surface area contributed by atoms with Crippen LogP contribution in [0.4, 0.5) is 5.69 Å². The van der Waals surface area contributed by atoms with Crippen LogP contribution in [0.1, 0.15) is 61.4 Å². The zero-order valence-electron chi connectivity index (χ0n) is 22.4. The number of primary amides is 1. The highest BCUT2D eigenvalue weighted by molar-refractivity contribution is 6.02. The largest absolute Gasteiger partial charge is 0.455 e. The summed E-state index contributed by atoms with van der Waals surface area (Å²) in [5.41, 5.74) is 7.31. The zero-order chi connectivity index (χ0) is 28.1. The van der Waals surface area contributed by atoms with Crippen LogP contribution in [-0.4, -0.2) is 62.0 Å². The Morgan fingerprint density at radius 1 is 1.18 bits per heavy atom. The summed E-state index contributed by atoms with van der Waals surface area (Å²) >= 11 is 0. The molecule has 4 heterocycles. The first-order valence-corrected chi connectivity index (χ1v) is 12.9. The summed E-state index contributed by atoms with van der Waals surface area (Å²) in [5, 5.41) is 17.3. The Morgan fingerprint density at radius 2 is 1.92 bits per heavy atom. The Bertz CT molecular complexity index is 1510. The van der Waals surface area contributed by atoms with E-state index in [0.717, 1.165) is 11.1 Å². The quantitative estimate of drug-likeness (QED) is 0.462. The molecule has 2 aliphatic rings. The van der Waals surface area contributed by atoms with Crippen molar-refractivity contribution in [3.8, 4) is 17.2 Å². The van der Waals surface area contributed by atoms with E-state index in [0.29, 0.717) is 37.1 Å². The summed E-state index contributed by atoms with van der Waals surface area (Å²) in [6.45, 7) is 8.35. The third-order valence-corrected chi connectivity index (χ3v) is 7.21. The Labute approximate surface area is 225 Å². The summed E-state index contributed by atoms with van der Waals surface area (Å²) in [6.07, 6.45) is 6.00. The fourth-order valence-electron chi connectivity index (χ4n) is 4.88. The second-order valence-corrected chi connectivity index (χ2v) is 11.4. The predicted octanol–water partition coefficient (Wildman–Crippen LogP) is 3.01. The lowest BCUT2D eigenvalue weighted by Crippen LogP contribution is -2.36. The number of hydrogen-bond donors (Lipinski definition) is 2. The highest BCUT2D eigenvalue weighted by atomic mass is 16.6. The molecule has 0 spiro atoms. The van der Waals surface area contributed by atoms with E-state index >= 15 is 0 Å². The normalized spacial score (nSPS) is 19.9. The number of likely N-dealkylation sites (tertiary alicyclic amines) is 1. The van der Waals surface area contributed by atoms with Gasteiger partial charge in [0.15, 0.2) is 0 Å². The minimum Gasteiger partial charge on any atom is -0.455 e. The molecule has 0 aromatic carbocycles. The highest BCUT2D eigenvalue weighted by Crippen LogP contribution is 2.47. The summed E-state index contributed by atoms with van der Waals surface area (Å²) < 4.78 is 7.03. The van der Waals surface area contributed by atoms with Crippen molar-refractivity contribution in [3.63, 3.8) is 0 Å². The second-order valence-electron chi connectivity index (χ2n) is 11.4. The van der Waals surface area contributed by atoms with Crippen molar-refractivity contribution in [2.45, 2.75) is 52.2 Å². The van der Waals surface area contributed by atoms with Crippen LogP contribution in [0.15, 0.2) is 36.8 Å². The molecule has 1 aliphatic heterocycles. The molecule has 3 N–H and O–H groups in total. The van der Waals surface area contributed by atoms with Crippen LogP contribution in [0, 0.1) is 22.7 Å². The summed E-state index contributed by atoms with van der Waals surface area (Å²) in [5.74, 6) is -1.17. The number of amides is 2. The number of anilines is 1. The molecule has 2 atom stereocenters. The van der Waals surface area contributed by atoms with Crippen molar-refractivity contribution >= 4 is 29.0 Å². The van der Waals surface area contributed by atoms with Gasteiger partial charge in [0.2, 0.25) is 5.91 Å². The van der Waals surface area contributed by atoms with E-state index in [1.165, 1.54) is 6.20 Å². The minimum atomic E-state index is -0.875. The van der Waals surface area contributed by atoms with E-state index in [9.17, 15) is 19.6 Å². The number of carbonyl (C=O) groups is 3. The third-order valence-electron chi connectivity index (χ3n) is 7.21. The first-order chi connectivity index (χ1) is 18.4. The van der Waals surface area contributed by atoms with E-state index < -0.39 is 22.9 Å². The maximum atomic E-state index is 12.9. The van der Waals surface area contributed by atoms with Crippen molar-refractivity contribution in [3.05, 3.63) is 48.0 Å². The Morgan fingerprint density at radius 3 is 2.51 bits per heavy atom. The van der Waals surface area contributed by atoms with Crippen LogP contribution in [0.25, 0.3) is 16.6 Å². The van der Waals surface area contributed by atoms with Crippen LogP contribution in [0.2, 0.25) is 0 Å². The van der Waals surface area contributed by atoms with Crippen LogP contribution < -0.4 is 11.1 Å². The van der Waals surface area contributed by atoms with Crippen molar-refractivity contribution in [2.24, 2.45) is 17.1 Å². The molecule has 1 saturated heterocycles. The summed E-state index contributed by atoms with van der Waals surface area (Å²) in [7, 11) is 0. The number of nitriles is 1. The minimum absolute atomic E-state index is 0.0800. The molecule has 1 aliphatic carbocycles. The molecular formula is C28H31N7O4. The molecular weight excluding hydrogens is 498 g/mol. The molecule has 5 rings (SSSR count). The summed E-state index contributed by atoms with van der Waals surface area (Å²) in [6, 6.07) is 7.27. The van der Waals surface area contributed by atoms with E-state index in [2.05, 4.69) is 21.5 Å². The van der Waals surface area contributed by atoms with Gasteiger partial charge in [0.25, 0.3) is 5.91 Å². The number of hydrogen-bond acceptors (Lipinski definition) is 8. The first kappa shape index (κ1) is 26.2. The SMILES string of the molecule is C[C@H]1CN(C(=O)C2(C#N)CC2)C[C@H]1Nc1c(C(N)=O)cnn2cc(-c3ccc(C(=O)OC(C)(C)C)nc3)cc12. The van der Waals surface area contributed by atoms with Gasteiger partial charge in [-0.25, -0.2) is 14.3 Å². The van der Waals surface area contributed by atoms with Crippen molar-refractivity contribution in [2.75, 3.05) is 18.4 Å². The lowest BCUT2D eigenvalue weighted by atomic mass is 10.1. The van der Waals surface area contributed by atoms with Crippen molar-refractivity contribution in [1.82, 2.24) is 19.5 Å². The van der Waals surface area contributed by atoms with Crippen molar-refractivity contribution < 1.29 is 19.1 Å². The lowest BCUT2D eigenvalue weighted by Gasteiger charge is -2.21. The average Bonchev–Trinajstić information content (AvgIpc) is 3.42. The molecule has 11 heteroatoms. The van der Waals surface area contributed by atoms with E-state index in [1.807, 2.05) is 13.0 Å². The van der Waals surface area contributed by atoms with Crippen LogP contribution in [0.3, 0.4) is 0 Å². The van der Waals surface area contributed by atoms with E-state index in [4.69, 9.17) is 10.5 Å². The number of carbonyl (C=O) groups excluding carboxylic acids is 3. The van der Waals surface area contributed by atoms with Gasteiger partial charge in [-0.2, -0.15) is 10.4 Å². The van der Waals surface area contributed by atoms with Gasteiger partial charge in [-0.15, -0.1) is 0 Å². The zero-order valence-corrected chi connectivity index (χ0v) is 22.4. The lowest BCUT2D eigenvalue weighted by molar-refractivity contribution is -0.134. The molecule has 0 radical (unpaired) electrons. The van der Waals surface area contributed by atoms with E-state index in [-0.39, 0.29) is 29.1 Å². The van der Waals surface area contributed by atoms with Gasteiger partial charge in [0.05, 0.1) is 29.0 Å². The van der Waals surface area contributed by atoms with Gasteiger partial charge in [-0.1, -0.05) is 13.0 Å². The number of nitrogens with two attached hydrogens (primary N) is 1. The molecule has 3 aromatic heterocycles. The number of aromatic nitrogens is 3. The molecule has 1 saturated carbocycles. The topological polar surface area (TPSA) is 156 Å². The monoisotopic (exact) mass is 529 g/mol. The van der Waals surface area contributed by atoms with Crippen LogP contribution in [0.5, 0.6) is 0 Å². The number of nitrogens with one attached hydrogen (secondary N) is 1. The number of esters is 1. The number of rotatable bonds is 6. The molecule has 0 bridgehead atoms. The fraction of sp³-hybridized carbons (Fsp3) is 0.429. The highest BCUT2D eigenvalue weighted by Gasteiger charge is 2.54. The molecule has 202 valence electrons. The molecule has 39 heavy (non-hydrogen) atoms. The van der Waals surface area contributed by atoms with E-state index in [1.54, 1.807) is 54.7 Å². The third kappa shape index (κ3) is 5.02. The van der Waals surface area contributed by atoms with Gasteiger partial charge < -0.3 is 20.7 Å². The standard InChI is InChI=1S/C28H31N7O4/c1-16-12-34(26(38)28(15-29)7-8-28)14-21(16)33-23-19(24(30)36)11-32-35-13-18(9-22(23)35)17-5-6-20(31-10-17)25(37)39-27(2,3)4/h5-6,9-11,13,16,21,33H,7-8,12,14H2,1-4H3,(H2,30,36)/t16-,21+/m0/s1. The molecule has 11 nitrogen and oxygen atoms in total. The van der Waals surface area contributed by atoms with Crippen LogP contribution in [-0.2, 0) is 9.53 Å². The molecule has 3 aromatic rings. The van der Waals surface area contributed by atoms with Crippen LogP contribution >= 0.6 is 0 Å². The fourth-order valence-corrected chi connectivity index (χ4v) is 4.88. The molecule has 2 amide bonds. The van der Waals surface area contributed by atoms with Gasteiger partial charge >= 0.3 is 5.97 Å². The predicted molar refractivity (Wildman–Crippen MR) is 143 cm³/mol. The van der Waals surface area contributed by atoms with Gasteiger partial charge in [-0.3, -0.25) is 9.59 Å². The number of pyridine rings is 1. The maximum absolute atomic E-state index is 12.9. The van der Waals surface area contributed by atoms with Gasteiger partial charge in [0, 0.05) is 42.7 Å². The first-order valence-electron chi connectivity index (χ1n) is 12.9. The number of fused-ring (bicyclic) bond motifs is 1. The van der Waals surface area contributed by atoms with Crippen molar-refractivity contribution in [1.29, 1.82) is 5.26 Å². The Balaban J connectivity index is 1.42. The Hall–Kier alpha value is -4.46. The molecule has 0 unspecified atom stereocenters. The molecule has 2 fully saturated rings. The average molecular weight is 530 g/mol. The maximum Gasteiger partial charge on any atom is 0.357 e.